The van der Waals surface area contributed by atoms with Crippen molar-refractivity contribution in [1.82, 2.24) is 9.96 Å². The van der Waals surface area contributed by atoms with Crippen molar-refractivity contribution < 1.29 is 8.85 Å². The Kier molecular flexibility index (Phi) is 7.38. The fraction of sp³-hybridized carbons (Fsp3) is 1.00. The molecule has 0 bridgehead atoms. The lowest BCUT2D eigenvalue weighted by Crippen LogP contribution is -2.68. The SMILES string of the molecule is CCN[Si](NCC)(OC(C)C)OC(C)C. The van der Waals surface area contributed by atoms with Crippen LogP contribution in [-0.2, 0) is 8.85 Å². The molecular formula is C10H26N2O2Si. The first-order chi connectivity index (χ1) is 6.95. The highest BCUT2D eigenvalue weighted by Gasteiger charge is 2.40. The van der Waals surface area contributed by atoms with Gasteiger partial charge in [0.2, 0.25) is 0 Å². The van der Waals surface area contributed by atoms with Gasteiger partial charge in [-0.1, -0.05) is 13.8 Å². The van der Waals surface area contributed by atoms with E-state index in [-0.39, 0.29) is 12.2 Å². The van der Waals surface area contributed by atoms with Gasteiger partial charge in [0.05, 0.1) is 0 Å². The number of hydrogen-bond acceptors (Lipinski definition) is 4. The highest BCUT2D eigenvalue weighted by molar-refractivity contribution is 6.62. The van der Waals surface area contributed by atoms with E-state index in [1.807, 2.05) is 27.7 Å². The Bertz CT molecular complexity index is 148. The molecule has 0 heterocycles. The molecule has 4 nitrogen and oxygen atoms in total. The van der Waals surface area contributed by atoms with Gasteiger partial charge in [-0.3, -0.25) is 9.96 Å². The molecule has 0 aromatic heterocycles. The minimum absolute atomic E-state index is 0.161. The van der Waals surface area contributed by atoms with E-state index in [2.05, 4.69) is 23.8 Å². The zero-order valence-electron chi connectivity index (χ0n) is 10.9. The van der Waals surface area contributed by atoms with Crippen LogP contribution in [-0.4, -0.2) is 34.2 Å². The molecule has 5 heteroatoms. The predicted molar refractivity (Wildman–Crippen MR) is 65.5 cm³/mol. The summed E-state index contributed by atoms with van der Waals surface area (Å²) in [5.74, 6) is 0. The summed E-state index contributed by atoms with van der Waals surface area (Å²) < 4.78 is 11.8. The van der Waals surface area contributed by atoms with E-state index >= 15 is 0 Å². The van der Waals surface area contributed by atoms with Gasteiger partial charge >= 0.3 is 8.88 Å². The van der Waals surface area contributed by atoms with Crippen LogP contribution in [0.1, 0.15) is 41.5 Å². The molecule has 2 N–H and O–H groups in total. The third-order valence-corrected chi connectivity index (χ3v) is 4.87. The maximum absolute atomic E-state index is 5.92. The third kappa shape index (κ3) is 6.27. The summed E-state index contributed by atoms with van der Waals surface area (Å²) in [6.07, 6.45) is 0.321. The van der Waals surface area contributed by atoms with Crippen molar-refractivity contribution in [3.63, 3.8) is 0 Å². The first kappa shape index (κ1) is 15.1. The molecule has 0 spiro atoms. The standard InChI is InChI=1S/C10H26N2O2Si/c1-7-11-15(12-8-2,13-9(3)4)14-10(5)6/h9-12H,7-8H2,1-6H3. The Balaban J connectivity index is 4.55. The van der Waals surface area contributed by atoms with Crippen LogP contribution in [0.2, 0.25) is 0 Å². The van der Waals surface area contributed by atoms with Crippen LogP contribution in [0.3, 0.4) is 0 Å². The van der Waals surface area contributed by atoms with Crippen molar-refractivity contribution in [3.05, 3.63) is 0 Å². The Morgan fingerprint density at radius 2 is 1.20 bits per heavy atom. The van der Waals surface area contributed by atoms with E-state index in [0.717, 1.165) is 13.1 Å². The molecule has 15 heavy (non-hydrogen) atoms. The number of hydrogen-bond donors (Lipinski definition) is 2. The molecule has 0 aromatic carbocycles. The van der Waals surface area contributed by atoms with E-state index < -0.39 is 8.88 Å². The van der Waals surface area contributed by atoms with Crippen LogP contribution in [0.5, 0.6) is 0 Å². The van der Waals surface area contributed by atoms with E-state index in [4.69, 9.17) is 8.85 Å². The highest BCUT2D eigenvalue weighted by atomic mass is 28.4. The van der Waals surface area contributed by atoms with Gasteiger partial charge in [0.1, 0.15) is 0 Å². The smallest absolute Gasteiger partial charge is 0.368 e. The summed E-state index contributed by atoms with van der Waals surface area (Å²) in [6.45, 7) is 13.9. The summed E-state index contributed by atoms with van der Waals surface area (Å²) in [7, 11) is -2.42. The van der Waals surface area contributed by atoms with Gasteiger partial charge in [-0.15, -0.1) is 0 Å². The minimum Gasteiger partial charge on any atom is -0.368 e. The fourth-order valence-corrected chi connectivity index (χ4v) is 4.16. The topological polar surface area (TPSA) is 42.5 Å². The lowest BCUT2D eigenvalue weighted by molar-refractivity contribution is 0.0874. The molecule has 0 saturated carbocycles. The van der Waals surface area contributed by atoms with Gasteiger partial charge in [0, 0.05) is 12.2 Å². The van der Waals surface area contributed by atoms with Crippen LogP contribution in [0.15, 0.2) is 0 Å². The van der Waals surface area contributed by atoms with Crippen LogP contribution in [0.25, 0.3) is 0 Å². The number of rotatable bonds is 8. The van der Waals surface area contributed by atoms with E-state index in [1.165, 1.54) is 0 Å². The first-order valence-corrected chi connectivity index (χ1v) is 7.63. The molecule has 0 atom stereocenters. The van der Waals surface area contributed by atoms with Gasteiger partial charge in [0.25, 0.3) is 0 Å². The second kappa shape index (κ2) is 7.35. The minimum atomic E-state index is -2.42. The predicted octanol–water partition coefficient (Wildman–Crippen LogP) is 1.49. The zero-order chi connectivity index (χ0) is 11.9. The van der Waals surface area contributed by atoms with Gasteiger partial charge in [-0.05, 0) is 40.8 Å². The van der Waals surface area contributed by atoms with Crippen molar-refractivity contribution in [1.29, 1.82) is 0 Å². The summed E-state index contributed by atoms with van der Waals surface area (Å²) in [6, 6.07) is 0. The summed E-state index contributed by atoms with van der Waals surface area (Å²) in [4.78, 5) is 6.69. The van der Waals surface area contributed by atoms with Crippen molar-refractivity contribution in [2.45, 2.75) is 53.8 Å². The molecule has 92 valence electrons. The van der Waals surface area contributed by atoms with Crippen LogP contribution < -0.4 is 9.96 Å². The molecule has 0 saturated heterocycles. The Labute approximate surface area is 95.1 Å². The quantitative estimate of drug-likeness (QED) is 0.625. The zero-order valence-corrected chi connectivity index (χ0v) is 11.9. The fourth-order valence-electron chi connectivity index (χ4n) is 1.39. The van der Waals surface area contributed by atoms with Gasteiger partial charge in [-0.2, -0.15) is 0 Å². The van der Waals surface area contributed by atoms with Crippen LogP contribution >= 0.6 is 0 Å². The Hall–Kier alpha value is 0.0569. The Morgan fingerprint density at radius 3 is 1.40 bits per heavy atom. The monoisotopic (exact) mass is 234 g/mol. The average Bonchev–Trinajstić information content (AvgIpc) is 2.01. The first-order valence-electron chi connectivity index (χ1n) is 5.81. The third-order valence-electron chi connectivity index (χ3n) is 1.62. The maximum Gasteiger partial charge on any atom is 0.517 e. The normalized spacial score (nSPS) is 12.8. The molecule has 0 amide bonds. The lowest BCUT2D eigenvalue weighted by atomic mass is 10.5. The lowest BCUT2D eigenvalue weighted by Gasteiger charge is -2.33. The second-order valence-corrected chi connectivity index (χ2v) is 6.42. The largest absolute Gasteiger partial charge is 0.517 e. The molecule has 0 aliphatic carbocycles. The van der Waals surface area contributed by atoms with Crippen LogP contribution in [0.4, 0.5) is 0 Å². The molecule has 0 rings (SSSR count). The Morgan fingerprint density at radius 1 is 0.867 bits per heavy atom. The molecule has 0 aromatic rings. The molecule has 0 aliphatic rings. The van der Waals surface area contributed by atoms with Crippen molar-refractivity contribution >= 4 is 8.88 Å². The molecule has 0 fully saturated rings. The molecular weight excluding hydrogens is 208 g/mol. The highest BCUT2D eigenvalue weighted by Crippen LogP contribution is 2.07. The summed E-state index contributed by atoms with van der Waals surface area (Å²) >= 11 is 0. The van der Waals surface area contributed by atoms with Crippen molar-refractivity contribution in [3.8, 4) is 0 Å². The van der Waals surface area contributed by atoms with Gasteiger partial charge in [-0.25, -0.2) is 0 Å². The second-order valence-electron chi connectivity index (χ2n) is 4.01. The van der Waals surface area contributed by atoms with Crippen molar-refractivity contribution in [2.24, 2.45) is 0 Å². The van der Waals surface area contributed by atoms with E-state index in [9.17, 15) is 0 Å². The van der Waals surface area contributed by atoms with E-state index in [1.54, 1.807) is 0 Å². The maximum atomic E-state index is 5.92. The number of nitrogens with one attached hydrogen (secondary N) is 2. The van der Waals surface area contributed by atoms with Crippen molar-refractivity contribution in [2.75, 3.05) is 13.1 Å². The molecule has 0 radical (unpaired) electrons. The average molecular weight is 234 g/mol. The summed E-state index contributed by atoms with van der Waals surface area (Å²) in [5.41, 5.74) is 0. The molecule has 0 aliphatic heterocycles. The van der Waals surface area contributed by atoms with E-state index in [0.29, 0.717) is 0 Å². The van der Waals surface area contributed by atoms with Gasteiger partial charge < -0.3 is 8.85 Å². The van der Waals surface area contributed by atoms with Crippen LogP contribution in [0, 0.1) is 0 Å². The van der Waals surface area contributed by atoms with Gasteiger partial charge in [0.15, 0.2) is 0 Å². The summed E-state index contributed by atoms with van der Waals surface area (Å²) in [5, 5.41) is 0. The molecule has 0 unspecified atom stereocenters.